The SMILES string of the molecule is N#Cc1cccc(NC(=O)CSc2nnc(-c3ccccc3Br)n2N)c1. The second-order valence-corrected chi connectivity index (χ2v) is 6.98. The van der Waals surface area contributed by atoms with E-state index in [1.165, 1.54) is 16.4 Å². The number of aromatic nitrogens is 3. The maximum Gasteiger partial charge on any atom is 0.234 e. The molecule has 0 unspecified atom stereocenters. The van der Waals surface area contributed by atoms with Crippen molar-refractivity contribution in [2.24, 2.45) is 0 Å². The Hall–Kier alpha value is -2.83. The van der Waals surface area contributed by atoms with Gasteiger partial charge in [0.1, 0.15) is 0 Å². The first-order chi connectivity index (χ1) is 12.6. The smallest absolute Gasteiger partial charge is 0.234 e. The molecule has 0 aliphatic heterocycles. The zero-order valence-corrected chi connectivity index (χ0v) is 15.8. The highest BCUT2D eigenvalue weighted by Crippen LogP contribution is 2.27. The van der Waals surface area contributed by atoms with Crippen molar-refractivity contribution < 1.29 is 4.79 Å². The van der Waals surface area contributed by atoms with Gasteiger partial charge in [-0.05, 0) is 30.3 Å². The number of halogens is 1. The maximum atomic E-state index is 12.1. The first kappa shape index (κ1) is 18.0. The molecule has 0 atom stereocenters. The number of nitrogens with zero attached hydrogens (tertiary/aromatic N) is 4. The molecule has 9 heteroatoms. The first-order valence-corrected chi connectivity index (χ1v) is 9.24. The van der Waals surface area contributed by atoms with Gasteiger partial charge in [-0.15, -0.1) is 10.2 Å². The molecule has 7 nitrogen and oxygen atoms in total. The second kappa shape index (κ2) is 8.03. The quantitative estimate of drug-likeness (QED) is 0.477. The third kappa shape index (κ3) is 4.04. The molecule has 0 saturated carbocycles. The summed E-state index contributed by atoms with van der Waals surface area (Å²) in [5, 5.41) is 20.2. The van der Waals surface area contributed by atoms with Crippen molar-refractivity contribution in [1.82, 2.24) is 14.9 Å². The van der Waals surface area contributed by atoms with Crippen molar-refractivity contribution in [1.29, 1.82) is 5.26 Å². The van der Waals surface area contributed by atoms with Crippen molar-refractivity contribution >= 4 is 39.3 Å². The van der Waals surface area contributed by atoms with E-state index < -0.39 is 0 Å². The van der Waals surface area contributed by atoms with Crippen molar-refractivity contribution in [2.75, 3.05) is 16.9 Å². The molecule has 1 amide bonds. The normalized spacial score (nSPS) is 10.3. The number of amides is 1. The standard InChI is InChI=1S/C17H13BrN6OS/c18-14-7-2-1-6-13(14)16-22-23-17(24(16)20)26-10-15(25)21-12-5-3-4-11(8-12)9-19/h1-8H,10,20H2,(H,21,25). The third-order valence-electron chi connectivity index (χ3n) is 3.39. The van der Waals surface area contributed by atoms with Crippen LogP contribution in [0.25, 0.3) is 11.4 Å². The van der Waals surface area contributed by atoms with Crippen LogP contribution in [0.1, 0.15) is 5.56 Å². The summed E-state index contributed by atoms with van der Waals surface area (Å²) in [7, 11) is 0. The predicted octanol–water partition coefficient (Wildman–Crippen LogP) is 3.02. The zero-order valence-electron chi connectivity index (χ0n) is 13.4. The number of carbonyl (C=O) groups is 1. The molecule has 26 heavy (non-hydrogen) atoms. The van der Waals surface area contributed by atoms with E-state index in [-0.39, 0.29) is 11.7 Å². The molecule has 0 aliphatic carbocycles. The average molecular weight is 429 g/mol. The molecule has 3 aromatic rings. The molecular formula is C17H13BrN6OS. The molecule has 1 heterocycles. The van der Waals surface area contributed by atoms with Crippen LogP contribution in [0.3, 0.4) is 0 Å². The summed E-state index contributed by atoms with van der Waals surface area (Å²) in [5.41, 5.74) is 1.86. The largest absolute Gasteiger partial charge is 0.335 e. The molecule has 0 saturated heterocycles. The minimum Gasteiger partial charge on any atom is -0.335 e. The summed E-state index contributed by atoms with van der Waals surface area (Å²) in [6.07, 6.45) is 0. The summed E-state index contributed by atoms with van der Waals surface area (Å²) in [5.74, 6) is 6.45. The van der Waals surface area contributed by atoms with E-state index in [1.54, 1.807) is 24.3 Å². The number of carbonyl (C=O) groups excluding carboxylic acids is 1. The van der Waals surface area contributed by atoms with Crippen molar-refractivity contribution in [2.45, 2.75) is 5.16 Å². The van der Waals surface area contributed by atoms with E-state index in [4.69, 9.17) is 11.1 Å². The fraction of sp³-hybridized carbons (Fsp3) is 0.0588. The van der Waals surface area contributed by atoms with E-state index in [9.17, 15) is 4.79 Å². The van der Waals surface area contributed by atoms with Gasteiger partial charge in [-0.1, -0.05) is 45.9 Å². The summed E-state index contributed by atoms with van der Waals surface area (Å²) in [6, 6.07) is 16.3. The van der Waals surface area contributed by atoms with Crippen molar-refractivity contribution in [3.05, 3.63) is 58.6 Å². The second-order valence-electron chi connectivity index (χ2n) is 5.19. The number of nitriles is 1. The molecule has 0 bridgehead atoms. The van der Waals surface area contributed by atoms with Gasteiger partial charge in [-0.3, -0.25) is 4.79 Å². The molecule has 3 rings (SSSR count). The highest BCUT2D eigenvalue weighted by atomic mass is 79.9. The number of thioether (sulfide) groups is 1. The molecular weight excluding hydrogens is 416 g/mol. The zero-order chi connectivity index (χ0) is 18.5. The topological polar surface area (TPSA) is 110 Å². The Balaban J connectivity index is 1.66. The molecule has 130 valence electrons. The Morgan fingerprint density at radius 3 is 2.85 bits per heavy atom. The van der Waals surface area contributed by atoms with Crippen LogP contribution in [0.2, 0.25) is 0 Å². The molecule has 0 aliphatic rings. The van der Waals surface area contributed by atoms with Gasteiger partial charge < -0.3 is 11.2 Å². The van der Waals surface area contributed by atoms with E-state index in [0.29, 0.717) is 22.2 Å². The lowest BCUT2D eigenvalue weighted by Crippen LogP contribution is -2.16. The molecule has 0 spiro atoms. The fourth-order valence-corrected chi connectivity index (χ4v) is 3.31. The van der Waals surface area contributed by atoms with Crippen LogP contribution in [-0.2, 0) is 4.79 Å². The van der Waals surface area contributed by atoms with Crippen LogP contribution in [-0.4, -0.2) is 26.5 Å². The van der Waals surface area contributed by atoms with Crippen LogP contribution < -0.4 is 11.2 Å². The molecule has 0 fully saturated rings. The number of hydrogen-bond donors (Lipinski definition) is 2. The van der Waals surface area contributed by atoms with Gasteiger partial charge in [0.15, 0.2) is 5.82 Å². The van der Waals surface area contributed by atoms with Gasteiger partial charge in [0.05, 0.1) is 17.4 Å². The number of nitrogen functional groups attached to an aromatic ring is 1. The highest BCUT2D eigenvalue weighted by molar-refractivity contribution is 9.10. The number of rotatable bonds is 5. The number of benzene rings is 2. The lowest BCUT2D eigenvalue weighted by atomic mass is 10.2. The van der Waals surface area contributed by atoms with Crippen LogP contribution in [0, 0.1) is 11.3 Å². The average Bonchev–Trinajstić information content (AvgIpc) is 3.01. The van der Waals surface area contributed by atoms with Crippen LogP contribution >= 0.6 is 27.7 Å². The predicted molar refractivity (Wildman–Crippen MR) is 104 cm³/mol. The van der Waals surface area contributed by atoms with Crippen LogP contribution in [0.5, 0.6) is 0 Å². The number of hydrogen-bond acceptors (Lipinski definition) is 6. The van der Waals surface area contributed by atoms with Gasteiger partial charge in [0.25, 0.3) is 0 Å². The van der Waals surface area contributed by atoms with E-state index in [1.807, 2.05) is 30.3 Å². The Bertz CT molecular complexity index is 997. The molecule has 1 aromatic heterocycles. The number of nitrogens with two attached hydrogens (primary N) is 1. The molecule has 3 N–H and O–H groups in total. The number of nitrogens with one attached hydrogen (secondary N) is 1. The third-order valence-corrected chi connectivity index (χ3v) is 5.02. The summed E-state index contributed by atoms with van der Waals surface area (Å²) >= 11 is 4.63. The Morgan fingerprint density at radius 2 is 2.08 bits per heavy atom. The maximum absolute atomic E-state index is 12.1. The van der Waals surface area contributed by atoms with Gasteiger partial charge in [-0.25, -0.2) is 4.68 Å². The van der Waals surface area contributed by atoms with Gasteiger partial charge >= 0.3 is 0 Å². The Morgan fingerprint density at radius 1 is 1.27 bits per heavy atom. The Labute approximate surface area is 162 Å². The monoisotopic (exact) mass is 428 g/mol. The van der Waals surface area contributed by atoms with Crippen LogP contribution in [0.4, 0.5) is 5.69 Å². The summed E-state index contributed by atoms with van der Waals surface area (Å²) < 4.78 is 2.21. The minimum atomic E-state index is -0.226. The minimum absolute atomic E-state index is 0.113. The lowest BCUT2D eigenvalue weighted by molar-refractivity contribution is -0.113. The van der Waals surface area contributed by atoms with E-state index in [2.05, 4.69) is 31.4 Å². The van der Waals surface area contributed by atoms with E-state index in [0.717, 1.165) is 10.0 Å². The van der Waals surface area contributed by atoms with Crippen LogP contribution in [0.15, 0.2) is 58.2 Å². The van der Waals surface area contributed by atoms with Crippen molar-refractivity contribution in [3.8, 4) is 17.5 Å². The number of anilines is 1. The summed E-state index contributed by atoms with van der Waals surface area (Å²) in [4.78, 5) is 12.1. The lowest BCUT2D eigenvalue weighted by Gasteiger charge is -2.06. The van der Waals surface area contributed by atoms with Crippen molar-refractivity contribution in [3.63, 3.8) is 0 Å². The van der Waals surface area contributed by atoms with Gasteiger partial charge in [-0.2, -0.15) is 5.26 Å². The van der Waals surface area contributed by atoms with Gasteiger partial charge in [0, 0.05) is 15.7 Å². The fourth-order valence-electron chi connectivity index (χ4n) is 2.20. The summed E-state index contributed by atoms with van der Waals surface area (Å²) in [6.45, 7) is 0. The molecule has 2 aromatic carbocycles. The molecule has 0 radical (unpaired) electrons. The highest BCUT2D eigenvalue weighted by Gasteiger charge is 2.15. The van der Waals surface area contributed by atoms with Gasteiger partial charge in [0.2, 0.25) is 11.1 Å². The van der Waals surface area contributed by atoms with E-state index >= 15 is 0 Å². The Kier molecular flexibility index (Phi) is 5.55. The first-order valence-electron chi connectivity index (χ1n) is 7.46.